The van der Waals surface area contributed by atoms with E-state index in [4.69, 9.17) is 9.47 Å². The molecule has 0 amide bonds. The molecule has 0 saturated heterocycles. The molecular formula is C40H44N2O4. The van der Waals surface area contributed by atoms with Crippen LogP contribution in [0.1, 0.15) is 37.8 Å². The van der Waals surface area contributed by atoms with Gasteiger partial charge in [-0.25, -0.2) is 9.59 Å². The summed E-state index contributed by atoms with van der Waals surface area (Å²) in [6, 6.07) is 34.5. The Morgan fingerprint density at radius 2 is 0.913 bits per heavy atom. The van der Waals surface area contributed by atoms with Crippen LogP contribution in [0.4, 0.5) is 22.7 Å². The van der Waals surface area contributed by atoms with Crippen LogP contribution in [0.15, 0.2) is 122 Å². The number of esters is 2. The molecule has 6 nitrogen and oxygen atoms in total. The third-order valence-electron chi connectivity index (χ3n) is 7.89. The van der Waals surface area contributed by atoms with Crippen LogP contribution < -0.4 is 9.80 Å². The standard InChI is InChI=1S/C40H44N2O4/c1-5-39(43)45-29-9-11-31-13-21-36(22-14-31)42(37-23-15-32(16-24-37)12-10-30-46-40(44)6-2)38-27-19-34(20-28-38)33-17-25-35(26-18-33)41(7-3)8-4/h5-6,13-28H,1-2,7-12,29-30H2,3-4H3. The first-order valence-electron chi connectivity index (χ1n) is 16.0. The summed E-state index contributed by atoms with van der Waals surface area (Å²) in [5, 5.41) is 0. The first-order chi connectivity index (χ1) is 22.4. The van der Waals surface area contributed by atoms with Crippen LogP contribution in [0.25, 0.3) is 11.1 Å². The minimum absolute atomic E-state index is 0.367. The van der Waals surface area contributed by atoms with Crippen LogP contribution in [0, 0.1) is 0 Å². The average molecular weight is 617 g/mol. The maximum Gasteiger partial charge on any atom is 0.330 e. The number of ether oxygens (including phenoxy) is 2. The van der Waals surface area contributed by atoms with Crippen molar-refractivity contribution in [2.45, 2.75) is 39.5 Å². The van der Waals surface area contributed by atoms with Gasteiger partial charge in [-0.1, -0.05) is 61.7 Å². The zero-order chi connectivity index (χ0) is 32.7. The number of hydrogen-bond donors (Lipinski definition) is 0. The summed E-state index contributed by atoms with van der Waals surface area (Å²) >= 11 is 0. The molecule has 0 aromatic heterocycles. The Morgan fingerprint density at radius 1 is 0.565 bits per heavy atom. The van der Waals surface area contributed by atoms with Crippen molar-refractivity contribution >= 4 is 34.7 Å². The fraction of sp³-hybridized carbons (Fsp3) is 0.250. The molecule has 0 unspecified atom stereocenters. The Morgan fingerprint density at radius 3 is 1.26 bits per heavy atom. The number of hydrogen-bond acceptors (Lipinski definition) is 6. The molecule has 6 heteroatoms. The second kappa shape index (κ2) is 17.4. The highest BCUT2D eigenvalue weighted by molar-refractivity contribution is 5.81. The van der Waals surface area contributed by atoms with Gasteiger partial charge in [0.05, 0.1) is 13.2 Å². The largest absolute Gasteiger partial charge is 0.463 e. The van der Waals surface area contributed by atoms with Gasteiger partial charge in [-0.3, -0.25) is 0 Å². The van der Waals surface area contributed by atoms with Crippen molar-refractivity contribution in [3.63, 3.8) is 0 Å². The summed E-state index contributed by atoms with van der Waals surface area (Å²) in [6.45, 7) is 13.9. The molecule has 4 aromatic carbocycles. The summed E-state index contributed by atoms with van der Waals surface area (Å²) in [6.07, 6.45) is 5.48. The lowest BCUT2D eigenvalue weighted by atomic mass is 10.0. The van der Waals surface area contributed by atoms with E-state index < -0.39 is 11.9 Å². The van der Waals surface area contributed by atoms with Gasteiger partial charge in [0.15, 0.2) is 0 Å². The molecule has 238 valence electrons. The lowest BCUT2D eigenvalue weighted by Gasteiger charge is -2.26. The number of carbonyl (C=O) groups is 2. The number of benzene rings is 4. The molecule has 0 aliphatic rings. The highest BCUT2D eigenvalue weighted by Gasteiger charge is 2.14. The van der Waals surface area contributed by atoms with Crippen molar-refractivity contribution in [3.05, 3.63) is 133 Å². The Balaban J connectivity index is 1.54. The lowest BCUT2D eigenvalue weighted by Crippen LogP contribution is -2.21. The predicted octanol–water partition coefficient (Wildman–Crippen LogP) is 8.99. The Kier molecular flexibility index (Phi) is 12.8. The van der Waals surface area contributed by atoms with Crippen LogP contribution in [-0.2, 0) is 31.9 Å². The third kappa shape index (κ3) is 9.45. The first-order valence-corrected chi connectivity index (χ1v) is 16.0. The van der Waals surface area contributed by atoms with Crippen LogP contribution in [0.3, 0.4) is 0 Å². The Labute approximate surface area is 273 Å². The first kappa shape index (κ1) is 33.8. The van der Waals surface area contributed by atoms with Crippen molar-refractivity contribution in [1.82, 2.24) is 0 Å². The molecule has 0 radical (unpaired) electrons. The maximum atomic E-state index is 11.3. The molecule has 4 aromatic rings. The van der Waals surface area contributed by atoms with E-state index in [2.05, 4.69) is 134 Å². The number of nitrogens with zero attached hydrogens (tertiary/aromatic N) is 2. The van der Waals surface area contributed by atoms with Gasteiger partial charge in [-0.2, -0.15) is 0 Å². The van der Waals surface area contributed by atoms with Gasteiger partial charge in [0.2, 0.25) is 0 Å². The van der Waals surface area contributed by atoms with Crippen molar-refractivity contribution in [3.8, 4) is 11.1 Å². The second-order valence-electron chi connectivity index (χ2n) is 10.9. The van der Waals surface area contributed by atoms with Gasteiger partial charge in [-0.15, -0.1) is 0 Å². The minimum Gasteiger partial charge on any atom is -0.463 e. The Bertz CT molecular complexity index is 1480. The molecule has 0 atom stereocenters. The van der Waals surface area contributed by atoms with Gasteiger partial charge < -0.3 is 19.3 Å². The van der Waals surface area contributed by atoms with E-state index in [1.165, 1.54) is 34.5 Å². The summed E-state index contributed by atoms with van der Waals surface area (Å²) in [4.78, 5) is 27.2. The van der Waals surface area contributed by atoms with Crippen LogP contribution in [-0.4, -0.2) is 38.2 Å². The average Bonchev–Trinajstić information content (AvgIpc) is 3.11. The maximum absolute atomic E-state index is 11.3. The fourth-order valence-electron chi connectivity index (χ4n) is 5.34. The Hall–Kier alpha value is -5.10. The molecule has 0 heterocycles. The van der Waals surface area contributed by atoms with Crippen LogP contribution >= 0.6 is 0 Å². The van der Waals surface area contributed by atoms with Crippen molar-refractivity contribution in [2.24, 2.45) is 0 Å². The molecular weight excluding hydrogens is 572 g/mol. The molecule has 4 rings (SSSR count). The molecule has 46 heavy (non-hydrogen) atoms. The molecule has 0 spiro atoms. The smallest absolute Gasteiger partial charge is 0.330 e. The number of carbonyl (C=O) groups excluding carboxylic acids is 2. The number of anilines is 4. The zero-order valence-corrected chi connectivity index (χ0v) is 27.0. The van der Waals surface area contributed by atoms with Gasteiger partial charge in [-0.05, 0) is 110 Å². The van der Waals surface area contributed by atoms with E-state index in [-0.39, 0.29) is 0 Å². The summed E-state index contributed by atoms with van der Waals surface area (Å²) < 4.78 is 10.2. The van der Waals surface area contributed by atoms with E-state index in [0.717, 1.165) is 61.4 Å². The molecule has 0 aliphatic heterocycles. The zero-order valence-electron chi connectivity index (χ0n) is 27.0. The van der Waals surface area contributed by atoms with E-state index in [9.17, 15) is 9.59 Å². The summed E-state index contributed by atoms with van der Waals surface area (Å²) in [7, 11) is 0. The highest BCUT2D eigenvalue weighted by atomic mass is 16.5. The lowest BCUT2D eigenvalue weighted by molar-refractivity contribution is -0.138. The van der Waals surface area contributed by atoms with Crippen molar-refractivity contribution in [2.75, 3.05) is 36.1 Å². The normalized spacial score (nSPS) is 10.6. The van der Waals surface area contributed by atoms with E-state index in [1.807, 2.05) is 0 Å². The highest BCUT2D eigenvalue weighted by Crippen LogP contribution is 2.36. The number of aryl methyl sites for hydroxylation is 2. The van der Waals surface area contributed by atoms with Gasteiger partial charge in [0.25, 0.3) is 0 Å². The molecule has 0 N–H and O–H groups in total. The van der Waals surface area contributed by atoms with E-state index in [0.29, 0.717) is 13.2 Å². The van der Waals surface area contributed by atoms with E-state index >= 15 is 0 Å². The second-order valence-corrected chi connectivity index (χ2v) is 10.9. The topological polar surface area (TPSA) is 59.1 Å². The molecule has 0 aliphatic carbocycles. The molecule has 0 fully saturated rings. The molecule has 0 saturated carbocycles. The SMILES string of the molecule is C=CC(=O)OCCCc1ccc(N(c2ccc(CCCOC(=O)C=C)cc2)c2ccc(-c3ccc(N(CC)CC)cc3)cc2)cc1. The summed E-state index contributed by atoms with van der Waals surface area (Å²) in [5.41, 5.74) is 9.07. The monoisotopic (exact) mass is 616 g/mol. The predicted molar refractivity (Wildman–Crippen MR) is 189 cm³/mol. The minimum atomic E-state index is -0.393. The number of rotatable bonds is 17. The van der Waals surface area contributed by atoms with E-state index in [1.54, 1.807) is 0 Å². The van der Waals surface area contributed by atoms with Crippen LogP contribution in [0.2, 0.25) is 0 Å². The quantitative estimate of drug-likeness (QED) is 0.0670. The van der Waals surface area contributed by atoms with Gasteiger partial charge in [0, 0.05) is 48.0 Å². The van der Waals surface area contributed by atoms with Crippen molar-refractivity contribution in [1.29, 1.82) is 0 Å². The molecule has 0 bridgehead atoms. The fourth-order valence-corrected chi connectivity index (χ4v) is 5.34. The van der Waals surface area contributed by atoms with Gasteiger partial charge in [0.1, 0.15) is 0 Å². The third-order valence-corrected chi connectivity index (χ3v) is 7.89. The summed E-state index contributed by atoms with van der Waals surface area (Å²) in [5.74, 6) is -0.786. The van der Waals surface area contributed by atoms with Crippen LogP contribution in [0.5, 0.6) is 0 Å². The van der Waals surface area contributed by atoms with Gasteiger partial charge >= 0.3 is 11.9 Å². The van der Waals surface area contributed by atoms with Crippen molar-refractivity contribution < 1.29 is 19.1 Å².